The molecular weight excluding hydrogens is 390 g/mol. The van der Waals surface area contributed by atoms with Gasteiger partial charge in [0.25, 0.3) is 0 Å². The molecule has 9 heteroatoms. The molecule has 0 atom stereocenters. The molecule has 0 unspecified atom stereocenters. The van der Waals surface area contributed by atoms with Crippen LogP contribution in [0.3, 0.4) is 0 Å². The minimum atomic E-state index is -1.04. The van der Waals surface area contributed by atoms with E-state index in [1.165, 1.54) is 0 Å². The van der Waals surface area contributed by atoms with Crippen LogP contribution in [0.2, 0.25) is 20.1 Å². The lowest BCUT2D eigenvalue weighted by atomic mass is 10.2. The zero-order valence-electron chi connectivity index (χ0n) is 10.9. The number of aromatic hydroxyl groups is 2. The average Bonchev–Trinajstić information content (AvgIpc) is 2.49. The molecule has 0 aromatic heterocycles. The molecule has 0 aliphatic carbocycles. The van der Waals surface area contributed by atoms with E-state index in [9.17, 15) is 19.8 Å². The number of hydrogen-bond donors (Lipinski definition) is 2. The van der Waals surface area contributed by atoms with Crippen LogP contribution in [0.5, 0.6) is 11.5 Å². The van der Waals surface area contributed by atoms with Crippen molar-refractivity contribution in [2.24, 2.45) is 0 Å². The molecule has 2 aromatic rings. The number of ether oxygens (including phenoxy) is 1. The van der Waals surface area contributed by atoms with Crippen LogP contribution >= 0.6 is 46.4 Å². The first-order chi connectivity index (χ1) is 10.7. The average molecular weight is 396 g/mol. The first-order valence-electron chi connectivity index (χ1n) is 5.83. The Balaban J connectivity index is 2.25. The number of esters is 2. The van der Waals surface area contributed by atoms with Crippen LogP contribution in [0, 0.1) is 0 Å². The second-order valence-electron chi connectivity index (χ2n) is 4.25. The largest absolute Gasteiger partial charge is 0.505 e. The Labute approximate surface area is 149 Å². The van der Waals surface area contributed by atoms with Gasteiger partial charge < -0.3 is 14.9 Å². The van der Waals surface area contributed by atoms with E-state index >= 15 is 0 Å². The number of carbonyl (C=O) groups excluding carboxylic acids is 2. The highest BCUT2D eigenvalue weighted by molar-refractivity contribution is 6.38. The third-order valence-corrected chi connectivity index (χ3v) is 3.84. The molecule has 120 valence electrons. The van der Waals surface area contributed by atoms with Crippen LogP contribution < -0.4 is 0 Å². The summed E-state index contributed by atoms with van der Waals surface area (Å²) in [6, 6.07) is 4.37. The predicted molar refractivity (Wildman–Crippen MR) is 86.0 cm³/mol. The summed E-state index contributed by atoms with van der Waals surface area (Å²) in [6.07, 6.45) is 0. The van der Waals surface area contributed by atoms with Gasteiger partial charge in [-0.1, -0.05) is 46.4 Å². The minimum absolute atomic E-state index is 0.137. The molecule has 0 spiro atoms. The smallest absolute Gasteiger partial charge is 0.346 e. The summed E-state index contributed by atoms with van der Waals surface area (Å²) in [5.74, 6) is -2.88. The van der Waals surface area contributed by atoms with E-state index in [0.29, 0.717) is 0 Å². The summed E-state index contributed by atoms with van der Waals surface area (Å²) in [5, 5.41) is 18.2. The topological polar surface area (TPSA) is 83.8 Å². The van der Waals surface area contributed by atoms with Gasteiger partial charge in [-0.25, -0.2) is 9.59 Å². The van der Waals surface area contributed by atoms with Crippen LogP contribution in [0.4, 0.5) is 0 Å². The molecule has 5 nitrogen and oxygen atoms in total. The summed E-state index contributed by atoms with van der Waals surface area (Å²) in [5.41, 5.74) is -0.274. The Hall–Kier alpha value is -1.66. The fourth-order valence-electron chi connectivity index (χ4n) is 1.57. The number of rotatable bonds is 2. The van der Waals surface area contributed by atoms with E-state index < -0.39 is 23.4 Å². The summed E-state index contributed by atoms with van der Waals surface area (Å²) < 4.78 is 4.65. The molecule has 23 heavy (non-hydrogen) atoms. The summed E-state index contributed by atoms with van der Waals surface area (Å²) in [7, 11) is 0. The second kappa shape index (κ2) is 6.84. The molecule has 0 saturated heterocycles. The van der Waals surface area contributed by atoms with E-state index in [2.05, 4.69) is 4.74 Å². The summed E-state index contributed by atoms with van der Waals surface area (Å²) in [6.45, 7) is 0. The maximum atomic E-state index is 11.9. The quantitative estimate of drug-likeness (QED) is 0.568. The summed E-state index contributed by atoms with van der Waals surface area (Å²) in [4.78, 5) is 23.8. The van der Waals surface area contributed by atoms with E-state index in [1.54, 1.807) is 0 Å². The highest BCUT2D eigenvalue weighted by Gasteiger charge is 2.20. The molecule has 0 radical (unpaired) electrons. The molecule has 0 saturated carbocycles. The van der Waals surface area contributed by atoms with Gasteiger partial charge >= 0.3 is 11.9 Å². The molecule has 0 heterocycles. The molecule has 0 bridgehead atoms. The maximum absolute atomic E-state index is 11.9. The van der Waals surface area contributed by atoms with Crippen molar-refractivity contribution in [1.82, 2.24) is 0 Å². The van der Waals surface area contributed by atoms with Gasteiger partial charge in [-0.05, 0) is 24.3 Å². The Bertz CT molecular complexity index is 705. The maximum Gasteiger partial charge on any atom is 0.346 e. The number of phenols is 2. The zero-order chi connectivity index (χ0) is 17.3. The fraction of sp³-hybridized carbons (Fsp3) is 0. The molecule has 0 fully saturated rings. The van der Waals surface area contributed by atoms with Crippen molar-refractivity contribution >= 4 is 58.3 Å². The Kier molecular flexibility index (Phi) is 5.26. The monoisotopic (exact) mass is 394 g/mol. The molecule has 2 N–H and O–H groups in total. The van der Waals surface area contributed by atoms with Crippen molar-refractivity contribution in [3.05, 3.63) is 55.5 Å². The lowest BCUT2D eigenvalue weighted by Crippen LogP contribution is -2.13. The number of hydrogen-bond acceptors (Lipinski definition) is 5. The van der Waals surface area contributed by atoms with Crippen LogP contribution in [0.1, 0.15) is 20.7 Å². The molecular formula is C14H6Cl4O5. The van der Waals surface area contributed by atoms with E-state index in [4.69, 9.17) is 46.4 Å². The first kappa shape index (κ1) is 17.7. The lowest BCUT2D eigenvalue weighted by Gasteiger charge is -2.07. The number of carbonyl (C=O) groups is 2. The van der Waals surface area contributed by atoms with Gasteiger partial charge in [0.1, 0.15) is 0 Å². The normalized spacial score (nSPS) is 10.4. The standard InChI is InChI=1S/C14H6Cl4O5/c15-7-1-5(2-8(16)11(7)19)13(21)23-14(22)6-3-9(17)12(20)10(18)4-6/h1-4,19-20H. The van der Waals surface area contributed by atoms with Crippen molar-refractivity contribution in [1.29, 1.82) is 0 Å². The third kappa shape index (κ3) is 3.82. The number of phenolic OH excluding ortho intramolecular Hbond substituents is 2. The van der Waals surface area contributed by atoms with Crippen molar-refractivity contribution in [3.63, 3.8) is 0 Å². The van der Waals surface area contributed by atoms with Crippen molar-refractivity contribution < 1.29 is 24.5 Å². The minimum Gasteiger partial charge on any atom is -0.505 e. The first-order valence-corrected chi connectivity index (χ1v) is 7.34. The Morgan fingerprint density at radius 3 is 1.22 bits per heavy atom. The van der Waals surface area contributed by atoms with Gasteiger partial charge in [-0.15, -0.1) is 0 Å². The lowest BCUT2D eigenvalue weighted by molar-refractivity contribution is 0.0398. The van der Waals surface area contributed by atoms with Gasteiger partial charge in [0.15, 0.2) is 11.5 Å². The van der Waals surface area contributed by atoms with Crippen molar-refractivity contribution in [2.45, 2.75) is 0 Å². The van der Waals surface area contributed by atoms with Crippen LogP contribution in [0.15, 0.2) is 24.3 Å². The van der Waals surface area contributed by atoms with E-state index in [-0.39, 0.29) is 31.2 Å². The van der Waals surface area contributed by atoms with Gasteiger partial charge in [-0.2, -0.15) is 0 Å². The van der Waals surface area contributed by atoms with Crippen LogP contribution in [-0.4, -0.2) is 22.2 Å². The van der Waals surface area contributed by atoms with Crippen LogP contribution in [-0.2, 0) is 4.74 Å². The highest BCUT2D eigenvalue weighted by atomic mass is 35.5. The Morgan fingerprint density at radius 1 is 0.696 bits per heavy atom. The molecule has 0 aliphatic heterocycles. The van der Waals surface area contributed by atoms with Crippen LogP contribution in [0.25, 0.3) is 0 Å². The Morgan fingerprint density at radius 2 is 0.957 bits per heavy atom. The van der Waals surface area contributed by atoms with Gasteiger partial charge in [0.2, 0.25) is 0 Å². The SMILES string of the molecule is O=C(OC(=O)c1cc(Cl)c(O)c(Cl)c1)c1cc(Cl)c(O)c(Cl)c1. The molecule has 2 rings (SSSR count). The second-order valence-corrected chi connectivity index (χ2v) is 5.88. The third-order valence-electron chi connectivity index (χ3n) is 2.69. The van der Waals surface area contributed by atoms with Gasteiger partial charge in [0, 0.05) is 0 Å². The highest BCUT2D eigenvalue weighted by Crippen LogP contribution is 2.34. The number of benzene rings is 2. The summed E-state index contributed by atoms with van der Waals surface area (Å²) >= 11 is 22.7. The van der Waals surface area contributed by atoms with Gasteiger partial charge in [-0.3, -0.25) is 0 Å². The fourth-order valence-corrected chi connectivity index (χ4v) is 2.54. The van der Waals surface area contributed by atoms with Gasteiger partial charge in [0.05, 0.1) is 31.2 Å². The van der Waals surface area contributed by atoms with Crippen molar-refractivity contribution in [2.75, 3.05) is 0 Å². The molecule has 0 amide bonds. The van der Waals surface area contributed by atoms with Crippen molar-refractivity contribution in [3.8, 4) is 11.5 Å². The van der Waals surface area contributed by atoms with E-state index in [1.807, 2.05) is 0 Å². The predicted octanol–water partition coefficient (Wildman–Crippen LogP) is 4.71. The molecule has 2 aromatic carbocycles. The molecule has 0 aliphatic rings. The van der Waals surface area contributed by atoms with E-state index in [0.717, 1.165) is 24.3 Å². The zero-order valence-corrected chi connectivity index (χ0v) is 14.0. The number of halogens is 4.